The lowest BCUT2D eigenvalue weighted by Gasteiger charge is -2.07. The summed E-state index contributed by atoms with van der Waals surface area (Å²) in [6.45, 7) is 5.43. The lowest BCUT2D eigenvalue weighted by molar-refractivity contribution is -0.143. The first-order valence-electron chi connectivity index (χ1n) is 6.67. The zero-order valence-electron chi connectivity index (χ0n) is 12.4. The van der Waals surface area contributed by atoms with E-state index < -0.39 is 5.56 Å². The number of hydrogen-bond acceptors (Lipinski definition) is 5. The fourth-order valence-corrected chi connectivity index (χ4v) is 1.73. The second-order valence-electron chi connectivity index (χ2n) is 4.29. The molecule has 0 atom stereocenters. The van der Waals surface area contributed by atoms with Crippen molar-refractivity contribution in [2.45, 2.75) is 33.6 Å². The number of rotatable bonds is 6. The van der Waals surface area contributed by atoms with E-state index in [1.807, 2.05) is 0 Å². The highest BCUT2D eigenvalue weighted by Crippen LogP contribution is 2.06. The highest BCUT2D eigenvalue weighted by molar-refractivity contribution is 5.97. The molecule has 1 rings (SSSR count). The Balaban J connectivity index is 2.83. The van der Waals surface area contributed by atoms with Gasteiger partial charge in [-0.1, -0.05) is 6.08 Å². The maximum atomic E-state index is 11.9. The minimum absolute atomic E-state index is 0.0838. The van der Waals surface area contributed by atoms with Gasteiger partial charge in [0, 0.05) is 17.7 Å². The number of hydrogen-bond donors (Lipinski definition) is 2. The van der Waals surface area contributed by atoms with E-state index >= 15 is 0 Å². The van der Waals surface area contributed by atoms with Crippen LogP contribution in [0.5, 0.6) is 0 Å². The summed E-state index contributed by atoms with van der Waals surface area (Å²) >= 11 is 0. The van der Waals surface area contributed by atoms with Gasteiger partial charge in [0.05, 0.1) is 6.61 Å². The molecule has 0 aliphatic heterocycles. The average molecular weight is 293 g/mol. The van der Waals surface area contributed by atoms with Crippen LogP contribution in [0.1, 0.15) is 31.5 Å². The Hall–Kier alpha value is -2.44. The summed E-state index contributed by atoms with van der Waals surface area (Å²) < 4.78 is 4.81. The molecule has 1 aromatic rings. The Kier molecular flexibility index (Phi) is 6.32. The highest BCUT2D eigenvalue weighted by atomic mass is 16.5. The van der Waals surface area contributed by atoms with Crippen LogP contribution in [-0.4, -0.2) is 28.5 Å². The van der Waals surface area contributed by atoms with Gasteiger partial charge in [-0.15, -0.1) is 0 Å². The number of aromatic nitrogens is 2. The maximum absolute atomic E-state index is 11.9. The monoisotopic (exact) mass is 293 g/mol. The van der Waals surface area contributed by atoms with Crippen LogP contribution in [0, 0.1) is 6.92 Å². The summed E-state index contributed by atoms with van der Waals surface area (Å²) in [6.07, 6.45) is 3.26. The standard InChI is InChI=1S/C14H19N3O4/c1-4-6-11(18)16-14-15-9(3)10(13(20)17-14)7-8-12(19)21-5-2/h4,6H,5,7-8H2,1-3H3,(H2,15,16,17,18,20)/b6-4-. The van der Waals surface area contributed by atoms with Crippen molar-refractivity contribution < 1.29 is 14.3 Å². The van der Waals surface area contributed by atoms with Crippen LogP contribution >= 0.6 is 0 Å². The molecular formula is C14H19N3O4. The van der Waals surface area contributed by atoms with E-state index in [4.69, 9.17) is 4.74 Å². The number of carbonyl (C=O) groups is 2. The molecule has 0 fully saturated rings. The third-order valence-corrected chi connectivity index (χ3v) is 2.67. The van der Waals surface area contributed by atoms with Crippen molar-refractivity contribution in [3.63, 3.8) is 0 Å². The van der Waals surface area contributed by atoms with Gasteiger partial charge < -0.3 is 9.72 Å². The molecule has 1 aromatic heterocycles. The number of ether oxygens (including phenoxy) is 1. The predicted molar refractivity (Wildman–Crippen MR) is 78.0 cm³/mol. The Morgan fingerprint density at radius 1 is 1.43 bits per heavy atom. The molecule has 0 aromatic carbocycles. The van der Waals surface area contributed by atoms with Gasteiger partial charge in [0.15, 0.2) is 0 Å². The molecule has 0 saturated carbocycles. The van der Waals surface area contributed by atoms with Gasteiger partial charge in [0.25, 0.3) is 5.56 Å². The molecule has 0 aliphatic carbocycles. The van der Waals surface area contributed by atoms with Crippen molar-refractivity contribution in [3.05, 3.63) is 33.8 Å². The van der Waals surface area contributed by atoms with Crippen molar-refractivity contribution in [3.8, 4) is 0 Å². The number of amides is 1. The molecular weight excluding hydrogens is 274 g/mol. The van der Waals surface area contributed by atoms with E-state index in [1.165, 1.54) is 6.08 Å². The maximum Gasteiger partial charge on any atom is 0.306 e. The summed E-state index contributed by atoms with van der Waals surface area (Å²) in [7, 11) is 0. The van der Waals surface area contributed by atoms with E-state index in [0.29, 0.717) is 17.9 Å². The van der Waals surface area contributed by atoms with Gasteiger partial charge in [-0.3, -0.25) is 19.7 Å². The first-order valence-corrected chi connectivity index (χ1v) is 6.67. The predicted octanol–water partition coefficient (Wildman–Crippen LogP) is 1.09. The lowest BCUT2D eigenvalue weighted by atomic mass is 10.1. The molecule has 0 spiro atoms. The fourth-order valence-electron chi connectivity index (χ4n) is 1.73. The highest BCUT2D eigenvalue weighted by Gasteiger charge is 2.11. The van der Waals surface area contributed by atoms with Gasteiger partial charge in [0.2, 0.25) is 11.9 Å². The zero-order valence-corrected chi connectivity index (χ0v) is 12.4. The minimum atomic E-state index is -0.466. The van der Waals surface area contributed by atoms with Crippen molar-refractivity contribution in [2.75, 3.05) is 11.9 Å². The van der Waals surface area contributed by atoms with Crippen molar-refractivity contribution >= 4 is 17.8 Å². The summed E-state index contributed by atoms with van der Waals surface area (Å²) in [4.78, 5) is 41.2. The Morgan fingerprint density at radius 2 is 2.14 bits per heavy atom. The lowest BCUT2D eigenvalue weighted by Crippen LogP contribution is -2.22. The van der Waals surface area contributed by atoms with Crippen LogP contribution in [0.15, 0.2) is 16.9 Å². The summed E-state index contributed by atoms with van der Waals surface area (Å²) in [5.41, 5.74) is 0.508. The van der Waals surface area contributed by atoms with Crippen molar-refractivity contribution in [2.24, 2.45) is 0 Å². The number of esters is 1. The molecule has 114 valence electrons. The largest absolute Gasteiger partial charge is 0.466 e. The number of nitrogens with zero attached hydrogens (tertiary/aromatic N) is 1. The van der Waals surface area contributed by atoms with E-state index in [2.05, 4.69) is 15.3 Å². The van der Waals surface area contributed by atoms with E-state index in [-0.39, 0.29) is 30.7 Å². The van der Waals surface area contributed by atoms with Gasteiger partial charge >= 0.3 is 5.97 Å². The van der Waals surface area contributed by atoms with E-state index in [1.54, 1.807) is 26.8 Å². The van der Waals surface area contributed by atoms with Crippen LogP contribution in [0.25, 0.3) is 0 Å². The fraction of sp³-hybridized carbons (Fsp3) is 0.429. The number of H-pyrrole nitrogens is 1. The van der Waals surface area contributed by atoms with E-state index in [9.17, 15) is 14.4 Å². The van der Waals surface area contributed by atoms with Crippen LogP contribution in [0.4, 0.5) is 5.95 Å². The number of anilines is 1. The number of carbonyl (C=O) groups excluding carboxylic acids is 2. The molecule has 0 aliphatic rings. The quantitative estimate of drug-likeness (QED) is 0.604. The normalized spacial score (nSPS) is 10.6. The summed E-state index contributed by atoms with van der Waals surface area (Å²) in [5, 5.41) is 2.45. The van der Waals surface area contributed by atoms with Crippen LogP contribution < -0.4 is 10.9 Å². The van der Waals surface area contributed by atoms with Crippen molar-refractivity contribution in [1.82, 2.24) is 9.97 Å². The van der Waals surface area contributed by atoms with Crippen LogP contribution in [-0.2, 0) is 20.7 Å². The summed E-state index contributed by atoms with van der Waals surface area (Å²) in [6, 6.07) is 0. The molecule has 7 nitrogen and oxygen atoms in total. The first-order chi connectivity index (χ1) is 9.97. The molecule has 1 amide bonds. The third-order valence-electron chi connectivity index (χ3n) is 2.67. The SMILES string of the molecule is C/C=C\C(=O)Nc1nc(=O)c(CCC(=O)OCC)c(C)[nH]1. The zero-order chi connectivity index (χ0) is 15.8. The molecule has 0 unspecified atom stereocenters. The number of aromatic amines is 1. The average Bonchev–Trinajstić information content (AvgIpc) is 2.38. The smallest absolute Gasteiger partial charge is 0.306 e. The van der Waals surface area contributed by atoms with Gasteiger partial charge in [0.1, 0.15) is 0 Å². The number of allylic oxidation sites excluding steroid dienone is 1. The van der Waals surface area contributed by atoms with Gasteiger partial charge in [-0.05, 0) is 33.3 Å². The molecule has 0 saturated heterocycles. The molecule has 1 heterocycles. The Bertz CT molecular complexity index is 605. The number of nitrogens with one attached hydrogen (secondary N) is 2. The van der Waals surface area contributed by atoms with Crippen LogP contribution in [0.2, 0.25) is 0 Å². The first kappa shape index (κ1) is 16.6. The molecule has 0 bridgehead atoms. The van der Waals surface area contributed by atoms with Crippen LogP contribution in [0.3, 0.4) is 0 Å². The summed E-state index contributed by atoms with van der Waals surface area (Å²) in [5.74, 6) is -0.651. The second-order valence-corrected chi connectivity index (χ2v) is 4.29. The Labute approximate surface area is 122 Å². The number of aryl methyl sites for hydroxylation is 1. The van der Waals surface area contributed by atoms with Gasteiger partial charge in [-0.2, -0.15) is 4.98 Å². The topological polar surface area (TPSA) is 101 Å². The second kappa shape index (κ2) is 7.98. The van der Waals surface area contributed by atoms with Gasteiger partial charge in [-0.25, -0.2) is 0 Å². The molecule has 2 N–H and O–H groups in total. The molecule has 0 radical (unpaired) electrons. The Morgan fingerprint density at radius 3 is 2.71 bits per heavy atom. The molecule has 21 heavy (non-hydrogen) atoms. The van der Waals surface area contributed by atoms with Crippen molar-refractivity contribution in [1.29, 1.82) is 0 Å². The van der Waals surface area contributed by atoms with E-state index in [0.717, 1.165) is 0 Å². The third kappa shape index (κ3) is 5.21. The minimum Gasteiger partial charge on any atom is -0.466 e. The molecule has 7 heteroatoms.